The van der Waals surface area contributed by atoms with Gasteiger partial charge in [0.05, 0.1) is 12.4 Å². The van der Waals surface area contributed by atoms with Crippen LogP contribution in [0.15, 0.2) is 54.6 Å². The van der Waals surface area contributed by atoms with Gasteiger partial charge in [-0.15, -0.1) is 0 Å². The molecule has 2 aromatic rings. The van der Waals surface area contributed by atoms with Gasteiger partial charge in [0.15, 0.2) is 0 Å². The van der Waals surface area contributed by atoms with Crippen molar-refractivity contribution < 1.29 is 13.2 Å². The molecule has 0 spiro atoms. The third kappa shape index (κ3) is 4.58. The predicted octanol–water partition coefficient (Wildman–Crippen LogP) is 3.05. The van der Waals surface area contributed by atoms with Gasteiger partial charge < -0.3 is 4.74 Å². The molecule has 5 heteroatoms. The third-order valence-electron chi connectivity index (χ3n) is 3.31. The van der Waals surface area contributed by atoms with Crippen LogP contribution in [-0.4, -0.2) is 26.4 Å². The molecule has 22 heavy (non-hydrogen) atoms. The summed E-state index contributed by atoms with van der Waals surface area (Å²) in [5.41, 5.74) is 1.73. The minimum atomic E-state index is -3.33. The summed E-state index contributed by atoms with van der Waals surface area (Å²) in [6, 6.07) is 16.7. The van der Waals surface area contributed by atoms with E-state index in [1.165, 1.54) is 4.31 Å². The zero-order valence-corrected chi connectivity index (χ0v) is 13.7. The number of hydrogen-bond acceptors (Lipinski definition) is 3. The van der Waals surface area contributed by atoms with Crippen molar-refractivity contribution in [3.05, 3.63) is 65.7 Å². The highest BCUT2D eigenvalue weighted by atomic mass is 32.2. The van der Waals surface area contributed by atoms with Gasteiger partial charge in [0.2, 0.25) is 10.0 Å². The number of benzene rings is 2. The van der Waals surface area contributed by atoms with Crippen molar-refractivity contribution in [3.63, 3.8) is 0 Å². The first-order valence-electron chi connectivity index (χ1n) is 7.21. The van der Waals surface area contributed by atoms with Gasteiger partial charge in [-0.3, -0.25) is 0 Å². The van der Waals surface area contributed by atoms with Crippen molar-refractivity contribution >= 4 is 10.0 Å². The van der Waals surface area contributed by atoms with Gasteiger partial charge in [-0.2, -0.15) is 0 Å². The highest BCUT2D eigenvalue weighted by Crippen LogP contribution is 2.16. The Labute approximate surface area is 132 Å². The quantitative estimate of drug-likeness (QED) is 0.788. The molecular weight excluding hydrogens is 298 g/mol. The van der Waals surface area contributed by atoms with Crippen LogP contribution in [0.3, 0.4) is 0 Å². The molecule has 0 atom stereocenters. The lowest BCUT2D eigenvalue weighted by Gasteiger charge is -2.17. The topological polar surface area (TPSA) is 46.6 Å². The Morgan fingerprint density at radius 2 is 1.59 bits per heavy atom. The normalized spacial score (nSPS) is 11.6. The Morgan fingerprint density at radius 3 is 2.18 bits per heavy atom. The zero-order valence-electron chi connectivity index (χ0n) is 12.9. The molecule has 2 rings (SSSR count). The number of nitrogens with zero attached hydrogens (tertiary/aromatic N) is 1. The zero-order chi connectivity index (χ0) is 16.0. The third-order valence-corrected chi connectivity index (χ3v) is 5.08. The Bertz CT molecular complexity index is 682. The summed E-state index contributed by atoms with van der Waals surface area (Å²) in [7, 11) is -1.72. The van der Waals surface area contributed by atoms with Crippen LogP contribution >= 0.6 is 0 Å². The fourth-order valence-corrected chi connectivity index (χ4v) is 3.29. The molecule has 0 unspecified atom stereocenters. The molecule has 0 bridgehead atoms. The van der Waals surface area contributed by atoms with Crippen LogP contribution in [0.25, 0.3) is 0 Å². The Balaban J connectivity index is 2.02. The predicted molar refractivity (Wildman–Crippen MR) is 88.1 cm³/mol. The number of rotatable bonds is 7. The van der Waals surface area contributed by atoms with E-state index in [-0.39, 0.29) is 5.75 Å². The van der Waals surface area contributed by atoms with Crippen LogP contribution < -0.4 is 4.74 Å². The van der Waals surface area contributed by atoms with Gasteiger partial charge in [-0.05, 0) is 30.2 Å². The molecule has 118 valence electrons. The molecule has 0 heterocycles. The molecule has 2 aromatic carbocycles. The maximum atomic E-state index is 12.4. The van der Waals surface area contributed by atoms with Gasteiger partial charge in [0.25, 0.3) is 0 Å². The van der Waals surface area contributed by atoms with E-state index in [0.29, 0.717) is 13.2 Å². The van der Waals surface area contributed by atoms with Crippen LogP contribution in [-0.2, 0) is 22.3 Å². The van der Waals surface area contributed by atoms with E-state index < -0.39 is 10.0 Å². The first-order valence-corrected chi connectivity index (χ1v) is 8.82. The second-order valence-corrected chi connectivity index (χ2v) is 7.15. The summed E-state index contributed by atoms with van der Waals surface area (Å²) in [5.74, 6) is 0.808. The van der Waals surface area contributed by atoms with Crippen molar-refractivity contribution in [1.82, 2.24) is 4.31 Å². The maximum Gasteiger partial charge on any atom is 0.218 e. The summed E-state index contributed by atoms with van der Waals surface area (Å²) < 4.78 is 31.5. The average Bonchev–Trinajstić information content (AvgIpc) is 2.50. The fraction of sp³-hybridized carbons (Fsp3) is 0.294. The van der Waals surface area contributed by atoms with Gasteiger partial charge in [0.1, 0.15) is 5.75 Å². The highest BCUT2D eigenvalue weighted by Gasteiger charge is 2.18. The monoisotopic (exact) mass is 319 g/mol. The summed E-state index contributed by atoms with van der Waals surface area (Å²) >= 11 is 0. The van der Waals surface area contributed by atoms with Crippen LogP contribution in [0.4, 0.5) is 0 Å². The first-order chi connectivity index (χ1) is 10.5. The smallest absolute Gasteiger partial charge is 0.218 e. The van der Waals surface area contributed by atoms with E-state index in [2.05, 4.69) is 0 Å². The van der Waals surface area contributed by atoms with Crippen molar-refractivity contribution in [3.8, 4) is 5.75 Å². The van der Waals surface area contributed by atoms with Crippen molar-refractivity contribution in [2.45, 2.75) is 19.2 Å². The SMILES string of the molecule is CCOc1ccc(CN(C)S(=O)(=O)Cc2ccccc2)cc1. The maximum absolute atomic E-state index is 12.4. The van der Waals surface area contributed by atoms with Crippen molar-refractivity contribution in [2.75, 3.05) is 13.7 Å². The van der Waals surface area contributed by atoms with E-state index in [1.54, 1.807) is 7.05 Å². The molecule has 0 radical (unpaired) electrons. The minimum absolute atomic E-state index is 0.0152. The Morgan fingerprint density at radius 1 is 0.955 bits per heavy atom. The molecular formula is C17H21NO3S. The Kier molecular flexibility index (Phi) is 5.57. The average molecular weight is 319 g/mol. The summed E-state index contributed by atoms with van der Waals surface area (Å²) in [6.07, 6.45) is 0. The molecule has 0 aliphatic heterocycles. The minimum Gasteiger partial charge on any atom is -0.494 e. The molecule has 0 fully saturated rings. The lowest BCUT2D eigenvalue weighted by molar-refractivity contribution is 0.340. The highest BCUT2D eigenvalue weighted by molar-refractivity contribution is 7.88. The number of ether oxygens (including phenoxy) is 1. The molecule has 0 saturated carbocycles. The van der Waals surface area contributed by atoms with E-state index in [0.717, 1.165) is 16.9 Å². The summed E-state index contributed by atoms with van der Waals surface area (Å²) in [6.45, 7) is 2.89. The van der Waals surface area contributed by atoms with E-state index in [1.807, 2.05) is 61.5 Å². The van der Waals surface area contributed by atoms with E-state index >= 15 is 0 Å². The van der Waals surface area contributed by atoms with Crippen molar-refractivity contribution in [2.24, 2.45) is 0 Å². The lowest BCUT2D eigenvalue weighted by atomic mass is 10.2. The number of hydrogen-bond donors (Lipinski definition) is 0. The molecule has 0 N–H and O–H groups in total. The summed E-state index contributed by atoms with van der Waals surface area (Å²) in [5, 5.41) is 0. The van der Waals surface area contributed by atoms with Gasteiger partial charge in [0, 0.05) is 13.6 Å². The molecule has 0 saturated heterocycles. The first kappa shape index (κ1) is 16.5. The molecule has 0 aromatic heterocycles. The summed E-state index contributed by atoms with van der Waals surface area (Å²) in [4.78, 5) is 0. The van der Waals surface area contributed by atoms with E-state index in [4.69, 9.17) is 4.74 Å². The number of sulfonamides is 1. The van der Waals surface area contributed by atoms with Crippen LogP contribution in [0.1, 0.15) is 18.1 Å². The van der Waals surface area contributed by atoms with Crippen molar-refractivity contribution in [1.29, 1.82) is 0 Å². The molecule has 0 aliphatic carbocycles. The van der Waals surface area contributed by atoms with Crippen LogP contribution in [0.2, 0.25) is 0 Å². The van der Waals surface area contributed by atoms with Crippen LogP contribution in [0.5, 0.6) is 5.75 Å². The fourth-order valence-electron chi connectivity index (χ4n) is 2.11. The molecule has 4 nitrogen and oxygen atoms in total. The second-order valence-electron chi connectivity index (χ2n) is 5.07. The molecule has 0 aliphatic rings. The lowest BCUT2D eigenvalue weighted by Crippen LogP contribution is -2.27. The largest absolute Gasteiger partial charge is 0.494 e. The Hall–Kier alpha value is -1.85. The standard InChI is InChI=1S/C17H21NO3S/c1-3-21-17-11-9-15(10-12-17)13-18(2)22(19,20)14-16-7-5-4-6-8-16/h4-12H,3,13-14H2,1-2H3. The van der Waals surface area contributed by atoms with Gasteiger partial charge in [-0.1, -0.05) is 42.5 Å². The van der Waals surface area contributed by atoms with Crippen LogP contribution in [0, 0.1) is 0 Å². The van der Waals surface area contributed by atoms with E-state index in [9.17, 15) is 8.42 Å². The van der Waals surface area contributed by atoms with Gasteiger partial charge >= 0.3 is 0 Å². The second kappa shape index (κ2) is 7.42. The molecule has 0 amide bonds. The van der Waals surface area contributed by atoms with Gasteiger partial charge in [-0.25, -0.2) is 12.7 Å².